The second kappa shape index (κ2) is 4.54. The summed E-state index contributed by atoms with van der Waals surface area (Å²) in [4.78, 5) is 11.8. The summed E-state index contributed by atoms with van der Waals surface area (Å²) in [5.41, 5.74) is 0. The molecule has 0 saturated carbocycles. The fourth-order valence-electron chi connectivity index (χ4n) is 0.955. The Kier molecular flexibility index (Phi) is 3.12. The Morgan fingerprint density at radius 1 is 1.33 bits per heavy atom. The van der Waals surface area contributed by atoms with Crippen LogP contribution >= 0.6 is 27.5 Å². The van der Waals surface area contributed by atoms with Gasteiger partial charge < -0.3 is 5.32 Å². The predicted molar refractivity (Wildman–Crippen MR) is 58.5 cm³/mol. The van der Waals surface area contributed by atoms with E-state index in [1.807, 2.05) is 0 Å². The van der Waals surface area contributed by atoms with Gasteiger partial charge in [-0.25, -0.2) is 15.0 Å². The molecule has 0 bridgehead atoms. The lowest BCUT2D eigenvalue weighted by molar-refractivity contribution is 0.943. The van der Waals surface area contributed by atoms with Gasteiger partial charge in [-0.2, -0.15) is 5.10 Å². The Labute approximate surface area is 98.6 Å². The maximum atomic E-state index is 5.80. The third kappa shape index (κ3) is 2.42. The molecule has 0 unspecified atom stereocenters. The lowest BCUT2D eigenvalue weighted by Gasteiger charge is -2.05. The minimum absolute atomic E-state index is 0.366. The smallest absolute Gasteiger partial charge is 0.148 e. The molecular weight excluding hydrogens is 283 g/mol. The number of hydrogen-bond acceptors (Lipinski definition) is 5. The van der Waals surface area contributed by atoms with Crippen molar-refractivity contribution in [1.82, 2.24) is 25.1 Å². The number of aromatic nitrogens is 5. The molecule has 2 rings (SSSR count). The number of nitrogens with one attached hydrogen (secondary N) is 2. The minimum atomic E-state index is 0.366. The molecule has 0 aliphatic carbocycles. The van der Waals surface area contributed by atoms with Crippen LogP contribution in [0.3, 0.4) is 0 Å². The lowest BCUT2D eigenvalue weighted by Crippen LogP contribution is -2.04. The number of hydrogen-bond donors (Lipinski definition) is 2. The second-order valence-electron chi connectivity index (χ2n) is 2.61. The fourth-order valence-corrected chi connectivity index (χ4v) is 1.43. The first kappa shape index (κ1) is 10.3. The first-order valence-corrected chi connectivity index (χ1v) is 5.18. The molecule has 78 valence electrons. The number of rotatable bonds is 3. The molecule has 0 fully saturated rings. The molecule has 2 heterocycles. The molecule has 0 radical (unpaired) electrons. The lowest BCUT2D eigenvalue weighted by atomic mass is 10.5. The average molecular weight is 290 g/mol. The van der Waals surface area contributed by atoms with E-state index in [0.717, 1.165) is 5.82 Å². The van der Waals surface area contributed by atoms with E-state index in [1.54, 1.807) is 0 Å². The fraction of sp³-hybridized carbons (Fsp3) is 0.143. The molecule has 0 amide bonds. The Morgan fingerprint density at radius 3 is 2.93 bits per heavy atom. The third-order valence-electron chi connectivity index (χ3n) is 1.64. The van der Waals surface area contributed by atoms with Crippen LogP contribution in [0.4, 0.5) is 5.82 Å². The molecule has 0 spiro atoms. The van der Waals surface area contributed by atoms with Gasteiger partial charge >= 0.3 is 0 Å². The van der Waals surface area contributed by atoms with E-state index in [0.29, 0.717) is 22.0 Å². The molecule has 0 saturated heterocycles. The van der Waals surface area contributed by atoms with Crippen LogP contribution in [0.5, 0.6) is 0 Å². The average Bonchev–Trinajstić information content (AvgIpc) is 2.73. The van der Waals surface area contributed by atoms with Gasteiger partial charge in [0.25, 0.3) is 0 Å². The summed E-state index contributed by atoms with van der Waals surface area (Å²) >= 11 is 9.08. The van der Waals surface area contributed by atoms with Gasteiger partial charge in [-0.3, -0.25) is 5.10 Å². The van der Waals surface area contributed by atoms with E-state index >= 15 is 0 Å². The van der Waals surface area contributed by atoms with Gasteiger partial charge in [0, 0.05) is 0 Å². The third-order valence-corrected chi connectivity index (χ3v) is 2.90. The van der Waals surface area contributed by atoms with Gasteiger partial charge in [0.05, 0.1) is 11.0 Å². The molecule has 0 atom stereocenters. The highest BCUT2D eigenvalue weighted by Gasteiger charge is 2.06. The van der Waals surface area contributed by atoms with Crippen molar-refractivity contribution < 1.29 is 0 Å². The molecule has 0 aliphatic heterocycles. The first-order valence-electron chi connectivity index (χ1n) is 4.01. The van der Waals surface area contributed by atoms with Gasteiger partial charge in [0.1, 0.15) is 29.5 Å². The van der Waals surface area contributed by atoms with Crippen molar-refractivity contribution in [1.29, 1.82) is 0 Å². The minimum Gasteiger partial charge on any atom is -0.362 e. The summed E-state index contributed by atoms with van der Waals surface area (Å²) in [7, 11) is 0. The van der Waals surface area contributed by atoms with Gasteiger partial charge in [0.15, 0.2) is 0 Å². The van der Waals surface area contributed by atoms with Gasteiger partial charge in [-0.05, 0) is 15.9 Å². The monoisotopic (exact) mass is 288 g/mol. The summed E-state index contributed by atoms with van der Waals surface area (Å²) in [5.74, 6) is 1.34. The van der Waals surface area contributed by atoms with Crippen molar-refractivity contribution in [2.75, 3.05) is 5.32 Å². The van der Waals surface area contributed by atoms with Crippen molar-refractivity contribution in [3.05, 3.63) is 28.1 Å². The molecule has 0 aliphatic rings. The van der Waals surface area contributed by atoms with Gasteiger partial charge in [-0.1, -0.05) is 11.6 Å². The topological polar surface area (TPSA) is 79.4 Å². The standard InChI is InChI=1S/C7H6BrClN6/c8-5-6(9)12-2-13-7(5)10-1-4-11-3-14-15-4/h2-3H,1H2,(H,10,12,13)(H,11,14,15). The summed E-state index contributed by atoms with van der Waals surface area (Å²) in [6.07, 6.45) is 2.83. The van der Waals surface area contributed by atoms with Crippen LogP contribution in [-0.4, -0.2) is 25.1 Å². The Hall–Kier alpha value is -1.21. The van der Waals surface area contributed by atoms with Crippen LogP contribution < -0.4 is 5.32 Å². The van der Waals surface area contributed by atoms with E-state index in [2.05, 4.69) is 46.4 Å². The van der Waals surface area contributed by atoms with Crippen molar-refractivity contribution in [3.8, 4) is 0 Å². The highest BCUT2D eigenvalue weighted by Crippen LogP contribution is 2.25. The number of halogens is 2. The molecule has 2 N–H and O–H groups in total. The number of aromatic amines is 1. The zero-order valence-corrected chi connectivity index (χ0v) is 9.75. The van der Waals surface area contributed by atoms with Crippen LogP contribution in [0.1, 0.15) is 5.82 Å². The molecular formula is C7H6BrClN6. The summed E-state index contributed by atoms with van der Waals surface area (Å²) in [6, 6.07) is 0. The largest absolute Gasteiger partial charge is 0.362 e. The van der Waals surface area contributed by atoms with Crippen LogP contribution in [0.2, 0.25) is 5.15 Å². The van der Waals surface area contributed by atoms with Gasteiger partial charge in [-0.15, -0.1) is 0 Å². The van der Waals surface area contributed by atoms with Crippen molar-refractivity contribution in [2.24, 2.45) is 0 Å². The summed E-state index contributed by atoms with van der Waals surface area (Å²) in [6.45, 7) is 0.492. The number of anilines is 1. The first-order chi connectivity index (χ1) is 7.27. The highest BCUT2D eigenvalue weighted by atomic mass is 79.9. The molecule has 2 aromatic rings. The summed E-state index contributed by atoms with van der Waals surface area (Å²) < 4.78 is 0.631. The Bertz CT molecular complexity index is 445. The normalized spacial score (nSPS) is 10.3. The Morgan fingerprint density at radius 2 is 2.20 bits per heavy atom. The highest BCUT2D eigenvalue weighted by molar-refractivity contribution is 9.10. The van der Waals surface area contributed by atoms with Gasteiger partial charge in [0.2, 0.25) is 0 Å². The second-order valence-corrected chi connectivity index (χ2v) is 3.76. The zero-order chi connectivity index (χ0) is 10.7. The maximum Gasteiger partial charge on any atom is 0.148 e. The SMILES string of the molecule is Clc1ncnc(NCc2ncn[nH]2)c1Br. The van der Waals surface area contributed by atoms with Crippen LogP contribution in [0.25, 0.3) is 0 Å². The molecule has 15 heavy (non-hydrogen) atoms. The van der Waals surface area contributed by atoms with Crippen LogP contribution in [0, 0.1) is 0 Å². The van der Waals surface area contributed by atoms with Crippen molar-refractivity contribution in [2.45, 2.75) is 6.54 Å². The van der Waals surface area contributed by atoms with Crippen LogP contribution in [0.15, 0.2) is 17.1 Å². The van der Waals surface area contributed by atoms with E-state index in [4.69, 9.17) is 11.6 Å². The van der Waals surface area contributed by atoms with E-state index < -0.39 is 0 Å². The molecule has 2 aromatic heterocycles. The quantitative estimate of drug-likeness (QED) is 0.840. The molecule has 6 nitrogen and oxygen atoms in total. The number of H-pyrrole nitrogens is 1. The zero-order valence-electron chi connectivity index (χ0n) is 7.41. The predicted octanol–water partition coefficient (Wildman–Crippen LogP) is 1.62. The van der Waals surface area contributed by atoms with E-state index in [1.165, 1.54) is 12.7 Å². The molecule has 0 aromatic carbocycles. The van der Waals surface area contributed by atoms with Crippen LogP contribution in [-0.2, 0) is 6.54 Å². The summed E-state index contributed by atoms with van der Waals surface area (Å²) in [5, 5.41) is 9.86. The van der Waals surface area contributed by atoms with E-state index in [9.17, 15) is 0 Å². The van der Waals surface area contributed by atoms with Crippen molar-refractivity contribution in [3.63, 3.8) is 0 Å². The van der Waals surface area contributed by atoms with Crippen molar-refractivity contribution >= 4 is 33.3 Å². The number of nitrogens with zero attached hydrogens (tertiary/aromatic N) is 4. The molecule has 8 heteroatoms. The maximum absolute atomic E-state index is 5.80. The Balaban J connectivity index is 2.08. The van der Waals surface area contributed by atoms with E-state index in [-0.39, 0.29) is 0 Å².